The number of aryl methyl sites for hydroxylation is 1. The van der Waals surface area contributed by atoms with Crippen LogP contribution < -0.4 is 10.6 Å². The lowest BCUT2D eigenvalue weighted by molar-refractivity contribution is -0.0284. The third kappa shape index (κ3) is 7.95. The van der Waals surface area contributed by atoms with Gasteiger partial charge in [0.2, 0.25) is 0 Å². The van der Waals surface area contributed by atoms with Crippen LogP contribution in [-0.2, 0) is 21.1 Å². The highest BCUT2D eigenvalue weighted by atomic mass is 32.2. The Kier molecular flexibility index (Phi) is 8.92. The van der Waals surface area contributed by atoms with Crippen LogP contribution in [0.3, 0.4) is 0 Å². The Morgan fingerprint density at radius 3 is 2.72 bits per heavy atom. The molecule has 1 saturated heterocycles. The third-order valence-electron chi connectivity index (χ3n) is 4.75. The van der Waals surface area contributed by atoms with E-state index in [1.165, 1.54) is 6.26 Å². The van der Waals surface area contributed by atoms with E-state index in [1.54, 1.807) is 6.07 Å². The fourth-order valence-electron chi connectivity index (χ4n) is 3.53. The molecule has 0 aromatic heterocycles. The minimum Gasteiger partial charge on any atom is -0.374 e. The van der Waals surface area contributed by atoms with E-state index in [0.29, 0.717) is 23.9 Å². The number of hydrogen-bond donors (Lipinski definition) is 2. The molecule has 1 aromatic rings. The average Bonchev–Trinajstić information content (AvgIpc) is 2.63. The second-order valence-corrected chi connectivity index (χ2v) is 10.1. The fourth-order valence-corrected chi connectivity index (χ4v) is 4.49. The summed E-state index contributed by atoms with van der Waals surface area (Å²) in [6.45, 7) is 14.0. The highest BCUT2D eigenvalue weighted by molar-refractivity contribution is 7.90. The minimum atomic E-state index is -3.20. The first kappa shape index (κ1) is 23.6. The van der Waals surface area contributed by atoms with Crippen molar-refractivity contribution < 1.29 is 13.2 Å². The Labute approximate surface area is 175 Å². The first-order valence-corrected chi connectivity index (χ1v) is 12.2. The van der Waals surface area contributed by atoms with Crippen molar-refractivity contribution in [2.24, 2.45) is 10.9 Å². The maximum atomic E-state index is 11.8. The Morgan fingerprint density at radius 1 is 1.34 bits per heavy atom. The maximum Gasteiger partial charge on any atom is 0.191 e. The molecule has 0 saturated carbocycles. The Balaban J connectivity index is 1.95. The molecule has 2 rings (SSSR count). The van der Waals surface area contributed by atoms with Crippen LogP contribution in [0.5, 0.6) is 0 Å². The van der Waals surface area contributed by atoms with Gasteiger partial charge in [0.1, 0.15) is 0 Å². The predicted molar refractivity (Wildman–Crippen MR) is 118 cm³/mol. The molecule has 7 nitrogen and oxygen atoms in total. The largest absolute Gasteiger partial charge is 0.374 e. The number of ether oxygens (including phenoxy) is 1. The normalized spacial score (nSPS) is 18.8. The van der Waals surface area contributed by atoms with Crippen LogP contribution in [0, 0.1) is 12.8 Å². The van der Waals surface area contributed by atoms with Crippen LogP contribution in [-0.4, -0.2) is 71.0 Å². The smallest absolute Gasteiger partial charge is 0.191 e. The van der Waals surface area contributed by atoms with E-state index < -0.39 is 9.84 Å². The lowest BCUT2D eigenvalue weighted by atomic mass is 10.1. The van der Waals surface area contributed by atoms with Gasteiger partial charge in [0.15, 0.2) is 15.8 Å². The molecule has 0 spiro atoms. The zero-order chi connectivity index (χ0) is 21.4. The SMILES string of the molecule is CCNC(=NCc1ccc(S(C)(=O)=O)c(C)c1)NCC1CN(CC(C)C)CCO1. The van der Waals surface area contributed by atoms with Gasteiger partial charge in [-0.05, 0) is 37.0 Å². The molecule has 8 heteroatoms. The number of hydrogen-bond acceptors (Lipinski definition) is 5. The molecule has 0 amide bonds. The van der Waals surface area contributed by atoms with E-state index in [4.69, 9.17) is 4.74 Å². The molecule has 1 fully saturated rings. The quantitative estimate of drug-likeness (QED) is 0.489. The second kappa shape index (κ2) is 10.9. The van der Waals surface area contributed by atoms with Crippen molar-refractivity contribution in [2.75, 3.05) is 45.6 Å². The standard InChI is InChI=1S/C21H36N4O3S/c1-6-22-21(24-13-19-15-25(9-10-28-19)14-16(2)3)23-12-18-7-8-20(17(4)11-18)29(5,26)27/h7-8,11,16,19H,6,9-10,12-15H2,1-5H3,(H2,22,23,24). The van der Waals surface area contributed by atoms with Crippen molar-refractivity contribution in [3.63, 3.8) is 0 Å². The number of rotatable bonds is 8. The van der Waals surface area contributed by atoms with Crippen LogP contribution in [0.2, 0.25) is 0 Å². The van der Waals surface area contributed by atoms with Gasteiger partial charge in [0.05, 0.1) is 24.2 Å². The summed E-state index contributed by atoms with van der Waals surface area (Å²) >= 11 is 0. The number of nitrogens with zero attached hydrogens (tertiary/aromatic N) is 2. The zero-order valence-electron chi connectivity index (χ0n) is 18.4. The lowest BCUT2D eigenvalue weighted by Crippen LogP contribution is -2.50. The van der Waals surface area contributed by atoms with Crippen molar-refractivity contribution in [3.05, 3.63) is 29.3 Å². The van der Waals surface area contributed by atoms with E-state index in [-0.39, 0.29) is 6.10 Å². The van der Waals surface area contributed by atoms with Crippen LogP contribution in [0.1, 0.15) is 31.9 Å². The van der Waals surface area contributed by atoms with Gasteiger partial charge in [-0.15, -0.1) is 0 Å². The molecule has 0 bridgehead atoms. The molecule has 1 aromatic carbocycles. The van der Waals surface area contributed by atoms with Crippen molar-refractivity contribution in [1.29, 1.82) is 0 Å². The highest BCUT2D eigenvalue weighted by Crippen LogP contribution is 2.17. The Bertz CT molecular complexity index is 793. The molecule has 164 valence electrons. The Hall–Kier alpha value is -1.64. The van der Waals surface area contributed by atoms with Gasteiger partial charge in [-0.3, -0.25) is 4.90 Å². The van der Waals surface area contributed by atoms with Gasteiger partial charge in [0.25, 0.3) is 0 Å². The third-order valence-corrected chi connectivity index (χ3v) is 6.00. The van der Waals surface area contributed by atoms with Gasteiger partial charge in [0, 0.05) is 39.0 Å². The van der Waals surface area contributed by atoms with Crippen LogP contribution in [0.4, 0.5) is 0 Å². The molecule has 1 aliphatic rings. The molecule has 0 aliphatic carbocycles. The summed E-state index contributed by atoms with van der Waals surface area (Å²) in [4.78, 5) is 7.47. The zero-order valence-corrected chi connectivity index (χ0v) is 19.2. The summed E-state index contributed by atoms with van der Waals surface area (Å²) in [7, 11) is -3.20. The summed E-state index contributed by atoms with van der Waals surface area (Å²) in [6, 6.07) is 5.37. The first-order chi connectivity index (χ1) is 13.7. The molecule has 1 unspecified atom stereocenters. The molecule has 2 N–H and O–H groups in total. The highest BCUT2D eigenvalue weighted by Gasteiger charge is 2.21. The summed E-state index contributed by atoms with van der Waals surface area (Å²) in [5.74, 6) is 1.39. The van der Waals surface area contributed by atoms with Crippen LogP contribution in [0.25, 0.3) is 0 Å². The van der Waals surface area contributed by atoms with Crippen LogP contribution in [0.15, 0.2) is 28.1 Å². The van der Waals surface area contributed by atoms with E-state index in [0.717, 1.165) is 49.9 Å². The van der Waals surface area contributed by atoms with Crippen molar-refractivity contribution >= 4 is 15.8 Å². The number of sulfone groups is 1. The average molecular weight is 425 g/mol. The summed E-state index contributed by atoms with van der Waals surface area (Å²) < 4.78 is 29.4. The molecule has 0 radical (unpaired) electrons. The number of morpholine rings is 1. The first-order valence-electron chi connectivity index (χ1n) is 10.3. The van der Waals surface area contributed by atoms with Crippen molar-refractivity contribution in [2.45, 2.75) is 45.2 Å². The lowest BCUT2D eigenvalue weighted by Gasteiger charge is -2.34. The fraction of sp³-hybridized carbons (Fsp3) is 0.667. The maximum absolute atomic E-state index is 11.8. The molecule has 29 heavy (non-hydrogen) atoms. The molecule has 1 atom stereocenters. The van der Waals surface area contributed by atoms with E-state index >= 15 is 0 Å². The van der Waals surface area contributed by atoms with Crippen molar-refractivity contribution in [3.8, 4) is 0 Å². The van der Waals surface area contributed by atoms with Crippen molar-refractivity contribution in [1.82, 2.24) is 15.5 Å². The summed E-state index contributed by atoms with van der Waals surface area (Å²) in [5.41, 5.74) is 1.73. The van der Waals surface area contributed by atoms with Gasteiger partial charge >= 0.3 is 0 Å². The predicted octanol–water partition coefficient (Wildman–Crippen LogP) is 1.81. The Morgan fingerprint density at radius 2 is 2.10 bits per heavy atom. The second-order valence-electron chi connectivity index (χ2n) is 8.09. The topological polar surface area (TPSA) is 83.0 Å². The number of nitrogens with one attached hydrogen (secondary N) is 2. The number of benzene rings is 1. The van der Waals surface area contributed by atoms with Crippen LogP contribution >= 0.6 is 0 Å². The molecule has 1 heterocycles. The minimum absolute atomic E-state index is 0.141. The molecule has 1 aliphatic heterocycles. The van der Waals surface area contributed by atoms with E-state index in [9.17, 15) is 8.42 Å². The number of guanidine groups is 1. The van der Waals surface area contributed by atoms with Gasteiger partial charge < -0.3 is 15.4 Å². The molecular formula is C21H36N4O3S. The summed E-state index contributed by atoms with van der Waals surface area (Å²) in [5, 5.41) is 6.64. The molecular weight excluding hydrogens is 388 g/mol. The summed E-state index contributed by atoms with van der Waals surface area (Å²) in [6.07, 6.45) is 1.37. The monoisotopic (exact) mass is 424 g/mol. The van der Waals surface area contributed by atoms with Gasteiger partial charge in [-0.1, -0.05) is 26.0 Å². The van der Waals surface area contributed by atoms with Gasteiger partial charge in [-0.2, -0.15) is 0 Å². The number of aliphatic imine (C=N–C) groups is 1. The van der Waals surface area contributed by atoms with E-state index in [1.807, 2.05) is 26.0 Å². The van der Waals surface area contributed by atoms with E-state index in [2.05, 4.69) is 34.4 Å². The van der Waals surface area contributed by atoms with Gasteiger partial charge in [-0.25, -0.2) is 13.4 Å².